The zero-order chi connectivity index (χ0) is 15.4. The molecule has 1 aromatic carbocycles. The highest BCUT2D eigenvalue weighted by Gasteiger charge is 2.09. The number of anilines is 2. The SMILES string of the molecule is Cc1csc(CCNc2ccc(C(=O)N(C)C)cc2N)n1. The summed E-state index contributed by atoms with van der Waals surface area (Å²) in [7, 11) is 3.45. The molecule has 1 aromatic heterocycles. The summed E-state index contributed by atoms with van der Waals surface area (Å²) in [5.74, 6) is -0.0495. The second-order valence-corrected chi connectivity index (χ2v) is 6.00. The lowest BCUT2D eigenvalue weighted by atomic mass is 10.1. The van der Waals surface area contributed by atoms with Gasteiger partial charge in [0.2, 0.25) is 0 Å². The van der Waals surface area contributed by atoms with Gasteiger partial charge in [0.05, 0.1) is 16.4 Å². The third kappa shape index (κ3) is 3.95. The third-order valence-electron chi connectivity index (χ3n) is 3.03. The van der Waals surface area contributed by atoms with E-state index in [2.05, 4.69) is 10.3 Å². The smallest absolute Gasteiger partial charge is 0.253 e. The molecule has 0 bridgehead atoms. The van der Waals surface area contributed by atoms with Crippen LogP contribution in [-0.4, -0.2) is 36.4 Å². The maximum atomic E-state index is 11.9. The number of aromatic nitrogens is 1. The summed E-state index contributed by atoms with van der Waals surface area (Å²) in [5, 5.41) is 6.44. The van der Waals surface area contributed by atoms with E-state index >= 15 is 0 Å². The van der Waals surface area contributed by atoms with Gasteiger partial charge in [0.15, 0.2) is 0 Å². The van der Waals surface area contributed by atoms with Crippen molar-refractivity contribution in [2.45, 2.75) is 13.3 Å². The van der Waals surface area contributed by atoms with Gasteiger partial charge in [-0.15, -0.1) is 11.3 Å². The molecule has 0 unspecified atom stereocenters. The summed E-state index contributed by atoms with van der Waals surface area (Å²) in [4.78, 5) is 17.8. The number of aryl methyl sites for hydroxylation is 1. The minimum atomic E-state index is -0.0495. The van der Waals surface area contributed by atoms with Gasteiger partial charge < -0.3 is 16.0 Å². The Morgan fingerprint density at radius 1 is 1.43 bits per heavy atom. The molecule has 0 aliphatic carbocycles. The van der Waals surface area contributed by atoms with E-state index in [1.807, 2.05) is 18.4 Å². The molecule has 21 heavy (non-hydrogen) atoms. The molecule has 1 amide bonds. The fourth-order valence-electron chi connectivity index (χ4n) is 1.94. The lowest BCUT2D eigenvalue weighted by Gasteiger charge is -2.13. The number of nitrogens with two attached hydrogens (primary N) is 1. The Morgan fingerprint density at radius 3 is 2.76 bits per heavy atom. The van der Waals surface area contributed by atoms with Gasteiger partial charge in [0, 0.05) is 43.7 Å². The number of nitrogens with zero attached hydrogens (tertiary/aromatic N) is 2. The van der Waals surface area contributed by atoms with Crippen molar-refractivity contribution in [1.82, 2.24) is 9.88 Å². The predicted molar refractivity (Wildman–Crippen MR) is 87.9 cm³/mol. The number of carbonyl (C=O) groups excluding carboxylic acids is 1. The van der Waals surface area contributed by atoms with Gasteiger partial charge in [-0.25, -0.2) is 4.98 Å². The average Bonchev–Trinajstić information content (AvgIpc) is 2.85. The molecule has 5 nitrogen and oxygen atoms in total. The van der Waals surface area contributed by atoms with E-state index < -0.39 is 0 Å². The lowest BCUT2D eigenvalue weighted by Crippen LogP contribution is -2.21. The number of nitrogens with one attached hydrogen (secondary N) is 1. The van der Waals surface area contributed by atoms with E-state index in [0.29, 0.717) is 11.3 Å². The minimum Gasteiger partial charge on any atom is -0.397 e. The van der Waals surface area contributed by atoms with Crippen LogP contribution in [0.3, 0.4) is 0 Å². The van der Waals surface area contributed by atoms with Gasteiger partial charge >= 0.3 is 0 Å². The van der Waals surface area contributed by atoms with Crippen LogP contribution < -0.4 is 11.1 Å². The summed E-state index contributed by atoms with van der Waals surface area (Å²) in [6.07, 6.45) is 0.857. The molecular weight excluding hydrogens is 284 g/mol. The first-order valence-electron chi connectivity index (χ1n) is 6.73. The van der Waals surface area contributed by atoms with Crippen LogP contribution in [0.25, 0.3) is 0 Å². The van der Waals surface area contributed by atoms with Crippen LogP contribution in [0.5, 0.6) is 0 Å². The zero-order valence-electron chi connectivity index (χ0n) is 12.5. The summed E-state index contributed by atoms with van der Waals surface area (Å²) in [6.45, 7) is 2.75. The topological polar surface area (TPSA) is 71.2 Å². The van der Waals surface area contributed by atoms with Crippen molar-refractivity contribution in [1.29, 1.82) is 0 Å². The van der Waals surface area contributed by atoms with Crippen molar-refractivity contribution >= 4 is 28.6 Å². The Labute approximate surface area is 128 Å². The van der Waals surface area contributed by atoms with Gasteiger partial charge in [-0.05, 0) is 25.1 Å². The van der Waals surface area contributed by atoms with Gasteiger partial charge in [0.1, 0.15) is 0 Å². The highest BCUT2D eigenvalue weighted by Crippen LogP contribution is 2.20. The molecule has 2 aromatic rings. The Balaban J connectivity index is 1.96. The van der Waals surface area contributed by atoms with Gasteiger partial charge in [-0.2, -0.15) is 0 Å². The van der Waals surface area contributed by atoms with Crippen molar-refractivity contribution in [2.75, 3.05) is 31.7 Å². The molecule has 0 aliphatic rings. The van der Waals surface area contributed by atoms with Gasteiger partial charge in [-0.3, -0.25) is 4.79 Å². The standard InChI is InChI=1S/C15H20N4OS/c1-10-9-21-14(18-10)6-7-17-13-5-4-11(8-12(13)16)15(20)19(2)3/h4-5,8-9,17H,6-7,16H2,1-3H3. The first kappa shape index (κ1) is 15.3. The molecule has 0 saturated carbocycles. The quantitative estimate of drug-likeness (QED) is 0.832. The van der Waals surface area contributed by atoms with Crippen LogP contribution in [-0.2, 0) is 6.42 Å². The number of hydrogen-bond donors (Lipinski definition) is 2. The third-order valence-corrected chi connectivity index (χ3v) is 4.05. The molecule has 2 rings (SSSR count). The highest BCUT2D eigenvalue weighted by molar-refractivity contribution is 7.09. The summed E-state index contributed by atoms with van der Waals surface area (Å²) >= 11 is 1.67. The molecule has 0 atom stereocenters. The van der Waals surface area contributed by atoms with Gasteiger partial charge in [0.25, 0.3) is 5.91 Å². The van der Waals surface area contributed by atoms with E-state index in [9.17, 15) is 4.79 Å². The Hall–Kier alpha value is -2.08. The number of thiazole rings is 1. The molecule has 0 radical (unpaired) electrons. The lowest BCUT2D eigenvalue weighted by molar-refractivity contribution is 0.0827. The molecule has 0 saturated heterocycles. The maximum absolute atomic E-state index is 11.9. The van der Waals surface area contributed by atoms with Crippen LogP contribution in [0.1, 0.15) is 21.1 Å². The minimum absolute atomic E-state index is 0.0495. The number of hydrogen-bond acceptors (Lipinski definition) is 5. The number of benzene rings is 1. The van der Waals surface area contributed by atoms with Crippen LogP contribution in [0.15, 0.2) is 23.6 Å². The van der Waals surface area contributed by atoms with Crippen molar-refractivity contribution in [3.05, 3.63) is 39.8 Å². The van der Waals surface area contributed by atoms with Crippen molar-refractivity contribution in [2.24, 2.45) is 0 Å². The van der Waals surface area contributed by atoms with E-state index in [4.69, 9.17) is 5.73 Å². The number of rotatable bonds is 5. The molecule has 0 spiro atoms. The summed E-state index contributed by atoms with van der Waals surface area (Å²) in [6, 6.07) is 5.34. The number of carbonyl (C=O) groups is 1. The molecule has 112 valence electrons. The molecule has 0 aliphatic heterocycles. The largest absolute Gasteiger partial charge is 0.397 e. The zero-order valence-corrected chi connectivity index (χ0v) is 13.3. The van der Waals surface area contributed by atoms with E-state index in [-0.39, 0.29) is 5.91 Å². The Bertz CT molecular complexity index is 636. The monoisotopic (exact) mass is 304 g/mol. The predicted octanol–water partition coefficient (Wildman–Crippen LogP) is 2.39. The number of nitrogen functional groups attached to an aromatic ring is 1. The molecule has 1 heterocycles. The fraction of sp³-hybridized carbons (Fsp3) is 0.333. The second kappa shape index (κ2) is 6.58. The van der Waals surface area contributed by atoms with E-state index in [0.717, 1.165) is 29.4 Å². The fourth-order valence-corrected chi connectivity index (χ4v) is 2.71. The van der Waals surface area contributed by atoms with Crippen molar-refractivity contribution < 1.29 is 4.79 Å². The number of amides is 1. The van der Waals surface area contributed by atoms with Crippen molar-refractivity contribution in [3.63, 3.8) is 0 Å². The molecular formula is C15H20N4OS. The summed E-state index contributed by atoms with van der Waals surface area (Å²) in [5.41, 5.74) is 9.08. The van der Waals surface area contributed by atoms with E-state index in [1.165, 1.54) is 4.90 Å². The molecule has 3 N–H and O–H groups in total. The van der Waals surface area contributed by atoms with E-state index in [1.54, 1.807) is 37.6 Å². The van der Waals surface area contributed by atoms with Crippen LogP contribution >= 0.6 is 11.3 Å². The Morgan fingerprint density at radius 2 is 2.19 bits per heavy atom. The average molecular weight is 304 g/mol. The molecule has 0 fully saturated rings. The Kier molecular flexibility index (Phi) is 4.80. The van der Waals surface area contributed by atoms with Crippen LogP contribution in [0, 0.1) is 6.92 Å². The second-order valence-electron chi connectivity index (χ2n) is 5.06. The van der Waals surface area contributed by atoms with Crippen LogP contribution in [0.4, 0.5) is 11.4 Å². The van der Waals surface area contributed by atoms with Gasteiger partial charge in [-0.1, -0.05) is 0 Å². The first-order valence-corrected chi connectivity index (χ1v) is 7.61. The van der Waals surface area contributed by atoms with Crippen molar-refractivity contribution in [3.8, 4) is 0 Å². The summed E-state index contributed by atoms with van der Waals surface area (Å²) < 4.78 is 0. The molecule has 6 heteroatoms. The highest BCUT2D eigenvalue weighted by atomic mass is 32.1. The normalized spacial score (nSPS) is 10.4. The van der Waals surface area contributed by atoms with Crippen LogP contribution in [0.2, 0.25) is 0 Å². The maximum Gasteiger partial charge on any atom is 0.253 e. The first-order chi connectivity index (χ1) is 9.97.